The number of nitrogens with zero attached hydrogens (tertiary/aromatic N) is 3. The molecule has 2 fully saturated rings. The number of carbonyl (C=O) groups is 1. The first kappa shape index (κ1) is 11.1. The van der Waals surface area contributed by atoms with Crippen molar-refractivity contribution in [2.24, 2.45) is 13.0 Å². The fraction of sp³-hybridized carbons (Fsp3) is 0.667. The number of hydrogen-bond acceptors (Lipinski definition) is 3. The zero-order valence-electron chi connectivity index (χ0n) is 9.96. The van der Waals surface area contributed by atoms with Gasteiger partial charge in [0.15, 0.2) is 0 Å². The van der Waals surface area contributed by atoms with Crippen LogP contribution < -0.4 is 4.90 Å². The molecule has 1 atom stereocenters. The normalized spacial score (nSPS) is 24.7. The smallest absolute Gasteiger partial charge is 0.228 e. The Kier molecular flexibility index (Phi) is 2.65. The van der Waals surface area contributed by atoms with Crippen LogP contribution in [0.4, 0.5) is 5.82 Å². The maximum Gasteiger partial charge on any atom is 0.228 e. The Balaban J connectivity index is 1.85. The molecule has 5 heteroatoms. The van der Waals surface area contributed by atoms with Gasteiger partial charge >= 0.3 is 0 Å². The summed E-state index contributed by atoms with van der Waals surface area (Å²) in [5.74, 6) is 2.93. The highest BCUT2D eigenvalue weighted by Gasteiger charge is 2.33. The Morgan fingerprint density at radius 2 is 2.29 bits per heavy atom. The standard InChI is InChI=1S/C12H17N3OS/c1-14-11(5-10(13-14)9-2-3-9)15-6-8(7-17)4-12(15)16/h5,8-9,17H,2-4,6-7H2,1H3. The van der Waals surface area contributed by atoms with Crippen molar-refractivity contribution in [2.75, 3.05) is 17.2 Å². The van der Waals surface area contributed by atoms with Gasteiger partial charge in [0.2, 0.25) is 5.91 Å². The Morgan fingerprint density at radius 3 is 2.88 bits per heavy atom. The SMILES string of the molecule is Cn1nc(C2CC2)cc1N1CC(CS)CC1=O. The maximum atomic E-state index is 11.9. The molecular formula is C12H17N3OS. The van der Waals surface area contributed by atoms with Gasteiger partial charge in [-0.2, -0.15) is 17.7 Å². The molecule has 92 valence electrons. The lowest BCUT2D eigenvalue weighted by atomic mass is 10.1. The largest absolute Gasteiger partial charge is 0.297 e. The van der Waals surface area contributed by atoms with E-state index >= 15 is 0 Å². The molecule has 1 saturated heterocycles. The zero-order chi connectivity index (χ0) is 12.0. The van der Waals surface area contributed by atoms with E-state index in [1.54, 1.807) is 0 Å². The predicted molar refractivity (Wildman–Crippen MR) is 69.5 cm³/mol. The van der Waals surface area contributed by atoms with E-state index in [-0.39, 0.29) is 5.91 Å². The van der Waals surface area contributed by atoms with E-state index in [1.807, 2.05) is 16.6 Å². The summed E-state index contributed by atoms with van der Waals surface area (Å²) < 4.78 is 1.84. The van der Waals surface area contributed by atoms with Crippen LogP contribution in [0.5, 0.6) is 0 Å². The molecule has 3 rings (SSSR count). The van der Waals surface area contributed by atoms with E-state index in [0.717, 1.165) is 23.8 Å². The van der Waals surface area contributed by atoms with Gasteiger partial charge in [0.25, 0.3) is 0 Å². The second-order valence-corrected chi connectivity index (χ2v) is 5.45. The van der Waals surface area contributed by atoms with Gasteiger partial charge in [-0.05, 0) is 24.5 Å². The molecular weight excluding hydrogens is 234 g/mol. The first-order valence-corrected chi connectivity index (χ1v) is 6.77. The molecule has 1 unspecified atom stereocenters. The van der Waals surface area contributed by atoms with Gasteiger partial charge in [-0.1, -0.05) is 0 Å². The van der Waals surface area contributed by atoms with Crippen LogP contribution in [0.25, 0.3) is 0 Å². The fourth-order valence-electron chi connectivity index (χ4n) is 2.44. The first-order chi connectivity index (χ1) is 8.19. The molecule has 1 amide bonds. The summed E-state index contributed by atoms with van der Waals surface area (Å²) in [5, 5.41) is 4.51. The van der Waals surface area contributed by atoms with Crippen LogP contribution in [0.2, 0.25) is 0 Å². The van der Waals surface area contributed by atoms with Crippen molar-refractivity contribution in [2.45, 2.75) is 25.2 Å². The molecule has 2 heterocycles. The zero-order valence-corrected chi connectivity index (χ0v) is 10.9. The van der Waals surface area contributed by atoms with Crippen molar-refractivity contribution in [1.29, 1.82) is 0 Å². The number of carbonyl (C=O) groups excluding carboxylic acids is 1. The number of amides is 1. The van der Waals surface area contributed by atoms with E-state index < -0.39 is 0 Å². The summed E-state index contributed by atoms with van der Waals surface area (Å²) in [5.41, 5.74) is 1.14. The molecule has 1 aromatic rings. The third-order valence-corrected chi connectivity index (χ3v) is 4.13. The lowest BCUT2D eigenvalue weighted by Gasteiger charge is -2.15. The Morgan fingerprint density at radius 1 is 1.53 bits per heavy atom. The molecule has 4 nitrogen and oxygen atoms in total. The molecule has 1 aromatic heterocycles. The average molecular weight is 251 g/mol. The number of rotatable bonds is 3. The van der Waals surface area contributed by atoms with Crippen LogP contribution in [-0.2, 0) is 11.8 Å². The number of hydrogen-bond donors (Lipinski definition) is 1. The molecule has 1 aliphatic carbocycles. The van der Waals surface area contributed by atoms with Gasteiger partial charge in [-0.15, -0.1) is 0 Å². The summed E-state index contributed by atoms with van der Waals surface area (Å²) in [7, 11) is 1.92. The van der Waals surface area contributed by atoms with Crippen LogP contribution in [-0.4, -0.2) is 28.0 Å². The van der Waals surface area contributed by atoms with Crippen molar-refractivity contribution in [1.82, 2.24) is 9.78 Å². The highest BCUT2D eigenvalue weighted by molar-refractivity contribution is 7.80. The maximum absolute atomic E-state index is 11.9. The molecule has 0 radical (unpaired) electrons. The second-order valence-electron chi connectivity index (χ2n) is 5.08. The number of thiol groups is 1. The van der Waals surface area contributed by atoms with Crippen molar-refractivity contribution >= 4 is 24.4 Å². The van der Waals surface area contributed by atoms with E-state index in [4.69, 9.17) is 0 Å². The highest BCUT2D eigenvalue weighted by atomic mass is 32.1. The lowest BCUT2D eigenvalue weighted by molar-refractivity contribution is -0.117. The number of aryl methyl sites for hydroxylation is 1. The number of anilines is 1. The average Bonchev–Trinajstić information content (AvgIpc) is 2.99. The predicted octanol–water partition coefficient (Wildman–Crippen LogP) is 1.58. The van der Waals surface area contributed by atoms with E-state index in [2.05, 4.69) is 23.8 Å². The van der Waals surface area contributed by atoms with Gasteiger partial charge in [-0.3, -0.25) is 14.4 Å². The fourth-order valence-corrected chi connectivity index (χ4v) is 2.68. The summed E-state index contributed by atoms with van der Waals surface area (Å²) in [6.45, 7) is 0.784. The molecule has 1 aliphatic heterocycles. The molecule has 17 heavy (non-hydrogen) atoms. The van der Waals surface area contributed by atoms with Crippen molar-refractivity contribution in [3.05, 3.63) is 11.8 Å². The quantitative estimate of drug-likeness (QED) is 0.828. The topological polar surface area (TPSA) is 38.1 Å². The third-order valence-electron chi connectivity index (χ3n) is 3.61. The molecule has 0 N–H and O–H groups in total. The Bertz CT molecular complexity index is 453. The summed E-state index contributed by atoms with van der Waals surface area (Å²) >= 11 is 4.28. The van der Waals surface area contributed by atoms with Crippen molar-refractivity contribution < 1.29 is 4.79 Å². The van der Waals surface area contributed by atoms with Crippen LogP contribution >= 0.6 is 12.6 Å². The molecule has 1 saturated carbocycles. The lowest BCUT2D eigenvalue weighted by Crippen LogP contribution is -2.26. The monoisotopic (exact) mass is 251 g/mol. The molecule has 0 spiro atoms. The minimum atomic E-state index is 0.203. The van der Waals surface area contributed by atoms with Gasteiger partial charge in [0.1, 0.15) is 5.82 Å². The van der Waals surface area contributed by atoms with Gasteiger partial charge in [0, 0.05) is 32.0 Å². The van der Waals surface area contributed by atoms with Crippen molar-refractivity contribution in [3.63, 3.8) is 0 Å². The van der Waals surface area contributed by atoms with E-state index in [1.165, 1.54) is 12.8 Å². The van der Waals surface area contributed by atoms with Gasteiger partial charge in [-0.25, -0.2) is 0 Å². The third kappa shape index (κ3) is 1.97. The first-order valence-electron chi connectivity index (χ1n) is 6.14. The minimum absolute atomic E-state index is 0.203. The Labute approximate surface area is 106 Å². The van der Waals surface area contributed by atoms with Gasteiger partial charge < -0.3 is 0 Å². The second kappa shape index (κ2) is 4.05. The van der Waals surface area contributed by atoms with Crippen LogP contribution in [0.3, 0.4) is 0 Å². The summed E-state index contributed by atoms with van der Waals surface area (Å²) in [6.07, 6.45) is 3.10. The van der Waals surface area contributed by atoms with Crippen molar-refractivity contribution in [3.8, 4) is 0 Å². The minimum Gasteiger partial charge on any atom is -0.297 e. The Hall–Kier alpha value is -0.970. The van der Waals surface area contributed by atoms with E-state index in [0.29, 0.717) is 18.3 Å². The highest BCUT2D eigenvalue weighted by Crippen LogP contribution is 2.40. The molecule has 2 aliphatic rings. The number of aromatic nitrogens is 2. The molecule has 0 aromatic carbocycles. The molecule has 0 bridgehead atoms. The van der Waals surface area contributed by atoms with Gasteiger partial charge in [0.05, 0.1) is 5.69 Å². The summed E-state index contributed by atoms with van der Waals surface area (Å²) in [6, 6.07) is 2.08. The van der Waals surface area contributed by atoms with E-state index in [9.17, 15) is 4.79 Å². The van der Waals surface area contributed by atoms with Crippen LogP contribution in [0, 0.1) is 5.92 Å². The van der Waals surface area contributed by atoms with Crippen LogP contribution in [0.15, 0.2) is 6.07 Å². The summed E-state index contributed by atoms with van der Waals surface area (Å²) in [4.78, 5) is 13.8. The van der Waals surface area contributed by atoms with Crippen LogP contribution in [0.1, 0.15) is 30.9 Å².